The van der Waals surface area contributed by atoms with Crippen molar-refractivity contribution in [2.75, 3.05) is 40.5 Å². The molecule has 0 amide bonds. The van der Waals surface area contributed by atoms with Crippen LogP contribution in [0.1, 0.15) is 24.0 Å². The fourth-order valence-corrected chi connectivity index (χ4v) is 2.55. The molecule has 6 heteroatoms. The van der Waals surface area contributed by atoms with E-state index in [2.05, 4.69) is 27.8 Å². The Kier molecular flexibility index (Phi) is 7.85. The lowest BCUT2D eigenvalue weighted by atomic mass is 10.1. The molecule has 6 nitrogen and oxygen atoms in total. The molecule has 1 aromatic rings. The lowest BCUT2D eigenvalue weighted by Gasteiger charge is -2.14. The number of hydrogen-bond donors (Lipinski definition) is 2. The summed E-state index contributed by atoms with van der Waals surface area (Å²) in [7, 11) is 3.47. The topological polar surface area (TPSA) is 64.1 Å². The minimum absolute atomic E-state index is 0.277. The van der Waals surface area contributed by atoms with E-state index in [1.807, 2.05) is 13.0 Å². The Balaban J connectivity index is 1.64. The summed E-state index contributed by atoms with van der Waals surface area (Å²) in [6.07, 6.45) is 2.23. The molecule has 134 valence electrons. The maximum atomic E-state index is 5.75. The summed E-state index contributed by atoms with van der Waals surface area (Å²) in [5.41, 5.74) is 2.29. The predicted molar refractivity (Wildman–Crippen MR) is 95.7 cm³/mol. The summed E-state index contributed by atoms with van der Waals surface area (Å²) < 4.78 is 16.4. The molecule has 1 heterocycles. The highest BCUT2D eigenvalue weighted by Gasteiger charge is 2.15. The third-order valence-corrected chi connectivity index (χ3v) is 4.01. The van der Waals surface area contributed by atoms with E-state index < -0.39 is 0 Å². The molecular weight excluding hydrogens is 306 g/mol. The smallest absolute Gasteiger partial charge is 0.191 e. The van der Waals surface area contributed by atoms with Gasteiger partial charge in [-0.15, -0.1) is 0 Å². The van der Waals surface area contributed by atoms with E-state index >= 15 is 0 Å². The zero-order chi connectivity index (χ0) is 17.2. The van der Waals surface area contributed by atoms with Gasteiger partial charge in [0.2, 0.25) is 0 Å². The van der Waals surface area contributed by atoms with Crippen LogP contribution in [0.5, 0.6) is 5.75 Å². The Labute approximate surface area is 144 Å². The monoisotopic (exact) mass is 335 g/mol. The molecule has 1 aliphatic rings. The van der Waals surface area contributed by atoms with E-state index in [9.17, 15) is 0 Å². The normalized spacial score (nSPS) is 17.8. The summed E-state index contributed by atoms with van der Waals surface area (Å²) in [4.78, 5) is 4.24. The first-order valence-electron chi connectivity index (χ1n) is 8.50. The van der Waals surface area contributed by atoms with E-state index in [-0.39, 0.29) is 6.10 Å². The van der Waals surface area contributed by atoms with E-state index in [1.165, 1.54) is 0 Å². The van der Waals surface area contributed by atoms with Gasteiger partial charge in [-0.3, -0.25) is 4.99 Å². The first-order valence-corrected chi connectivity index (χ1v) is 8.50. The number of nitrogens with zero attached hydrogens (tertiary/aromatic N) is 1. The van der Waals surface area contributed by atoms with E-state index in [4.69, 9.17) is 14.2 Å². The van der Waals surface area contributed by atoms with E-state index in [1.54, 1.807) is 14.2 Å². The van der Waals surface area contributed by atoms with Crippen LogP contribution in [-0.2, 0) is 16.0 Å². The quantitative estimate of drug-likeness (QED) is 0.431. The van der Waals surface area contributed by atoms with Gasteiger partial charge in [0.05, 0.1) is 19.8 Å². The molecule has 1 unspecified atom stereocenters. The largest absolute Gasteiger partial charge is 0.496 e. The maximum absolute atomic E-state index is 5.75. The molecule has 2 N–H and O–H groups in total. The van der Waals surface area contributed by atoms with Gasteiger partial charge in [-0.2, -0.15) is 0 Å². The molecule has 0 aliphatic carbocycles. The number of rotatable bonds is 8. The molecule has 0 aromatic heterocycles. The van der Waals surface area contributed by atoms with Crippen LogP contribution in [0.2, 0.25) is 0 Å². The van der Waals surface area contributed by atoms with Crippen molar-refractivity contribution in [2.24, 2.45) is 4.99 Å². The summed E-state index contributed by atoms with van der Waals surface area (Å²) in [5, 5.41) is 6.61. The van der Waals surface area contributed by atoms with Crippen molar-refractivity contribution >= 4 is 5.96 Å². The summed E-state index contributed by atoms with van der Waals surface area (Å²) in [6, 6.07) is 6.21. The molecule has 1 aliphatic heterocycles. The summed E-state index contributed by atoms with van der Waals surface area (Å²) >= 11 is 0. The fraction of sp³-hybridized carbons (Fsp3) is 0.611. The Morgan fingerprint density at radius 3 is 2.96 bits per heavy atom. The average molecular weight is 335 g/mol. The summed E-state index contributed by atoms with van der Waals surface area (Å²) in [5.74, 6) is 1.70. The predicted octanol–water partition coefficient (Wildman–Crippen LogP) is 1.86. The maximum Gasteiger partial charge on any atom is 0.191 e. The van der Waals surface area contributed by atoms with Gasteiger partial charge in [0, 0.05) is 33.4 Å². The number of benzene rings is 1. The van der Waals surface area contributed by atoms with Gasteiger partial charge in [-0.1, -0.05) is 12.1 Å². The van der Waals surface area contributed by atoms with Crippen LogP contribution in [-0.4, -0.2) is 52.6 Å². The number of aliphatic imine (C=N–C) groups is 1. The SMILES string of the molecule is CN=C(NCCCOC1CCOC1)NCc1ccc(C)c(OC)c1. The molecule has 0 bridgehead atoms. The van der Waals surface area contributed by atoms with Crippen molar-refractivity contribution < 1.29 is 14.2 Å². The number of aryl methyl sites for hydroxylation is 1. The van der Waals surface area contributed by atoms with Crippen LogP contribution in [0.25, 0.3) is 0 Å². The molecule has 1 aromatic carbocycles. The minimum Gasteiger partial charge on any atom is -0.496 e. The van der Waals surface area contributed by atoms with Crippen molar-refractivity contribution in [3.05, 3.63) is 29.3 Å². The first kappa shape index (κ1) is 18.5. The first-order chi connectivity index (χ1) is 11.7. The van der Waals surface area contributed by atoms with Gasteiger partial charge < -0.3 is 24.8 Å². The van der Waals surface area contributed by atoms with Crippen LogP contribution in [0.4, 0.5) is 0 Å². The number of guanidine groups is 1. The minimum atomic E-state index is 0.277. The zero-order valence-corrected chi connectivity index (χ0v) is 14.9. The number of nitrogens with one attached hydrogen (secondary N) is 2. The van der Waals surface area contributed by atoms with Crippen molar-refractivity contribution in [1.29, 1.82) is 0 Å². The lowest BCUT2D eigenvalue weighted by Crippen LogP contribution is -2.37. The van der Waals surface area contributed by atoms with Gasteiger partial charge in [-0.25, -0.2) is 0 Å². The highest BCUT2D eigenvalue weighted by molar-refractivity contribution is 5.79. The Morgan fingerprint density at radius 1 is 1.38 bits per heavy atom. The highest BCUT2D eigenvalue weighted by Crippen LogP contribution is 2.18. The molecule has 0 spiro atoms. The van der Waals surface area contributed by atoms with Crippen LogP contribution in [0.15, 0.2) is 23.2 Å². The second-order valence-electron chi connectivity index (χ2n) is 5.87. The molecule has 0 radical (unpaired) electrons. The Morgan fingerprint density at radius 2 is 2.25 bits per heavy atom. The lowest BCUT2D eigenvalue weighted by molar-refractivity contribution is 0.0420. The molecule has 1 saturated heterocycles. The van der Waals surface area contributed by atoms with Gasteiger partial charge in [0.1, 0.15) is 5.75 Å². The number of ether oxygens (including phenoxy) is 3. The van der Waals surface area contributed by atoms with Crippen molar-refractivity contribution in [3.63, 3.8) is 0 Å². The van der Waals surface area contributed by atoms with Crippen LogP contribution in [0, 0.1) is 6.92 Å². The fourth-order valence-electron chi connectivity index (χ4n) is 2.55. The second kappa shape index (κ2) is 10.2. The average Bonchev–Trinajstić information content (AvgIpc) is 3.12. The molecule has 0 saturated carbocycles. The summed E-state index contributed by atoms with van der Waals surface area (Å²) in [6.45, 7) is 5.86. The second-order valence-corrected chi connectivity index (χ2v) is 5.87. The van der Waals surface area contributed by atoms with Gasteiger partial charge in [0.25, 0.3) is 0 Å². The van der Waals surface area contributed by atoms with Crippen molar-refractivity contribution in [2.45, 2.75) is 32.4 Å². The van der Waals surface area contributed by atoms with Gasteiger partial charge in [-0.05, 0) is 37.0 Å². The standard InChI is InChI=1S/C18H29N3O3/c1-14-5-6-15(11-17(14)22-3)12-21-18(19-2)20-8-4-9-24-16-7-10-23-13-16/h5-6,11,16H,4,7-10,12-13H2,1-3H3,(H2,19,20,21). The van der Waals surface area contributed by atoms with E-state index in [0.717, 1.165) is 62.0 Å². The molecule has 1 fully saturated rings. The zero-order valence-electron chi connectivity index (χ0n) is 14.9. The van der Waals surface area contributed by atoms with Gasteiger partial charge >= 0.3 is 0 Å². The molecule has 1 atom stereocenters. The Bertz CT molecular complexity index is 528. The van der Waals surface area contributed by atoms with Crippen LogP contribution < -0.4 is 15.4 Å². The van der Waals surface area contributed by atoms with Gasteiger partial charge in [0.15, 0.2) is 5.96 Å². The van der Waals surface area contributed by atoms with Crippen molar-refractivity contribution in [3.8, 4) is 5.75 Å². The third kappa shape index (κ3) is 6.02. The highest BCUT2D eigenvalue weighted by atomic mass is 16.5. The van der Waals surface area contributed by atoms with Crippen LogP contribution in [0.3, 0.4) is 0 Å². The number of methoxy groups -OCH3 is 1. The number of hydrogen-bond acceptors (Lipinski definition) is 4. The van der Waals surface area contributed by atoms with E-state index in [0.29, 0.717) is 6.54 Å². The third-order valence-electron chi connectivity index (χ3n) is 4.01. The molecule has 24 heavy (non-hydrogen) atoms. The van der Waals surface area contributed by atoms with Crippen LogP contribution >= 0.6 is 0 Å². The Hall–Kier alpha value is -1.79. The molecular formula is C18H29N3O3. The van der Waals surface area contributed by atoms with Crippen molar-refractivity contribution in [1.82, 2.24) is 10.6 Å². The molecule has 2 rings (SSSR count).